The van der Waals surface area contributed by atoms with Gasteiger partial charge in [0.25, 0.3) is 0 Å². The van der Waals surface area contributed by atoms with E-state index < -0.39 is 6.04 Å². The van der Waals surface area contributed by atoms with Gasteiger partial charge in [0, 0.05) is 13.1 Å². The summed E-state index contributed by atoms with van der Waals surface area (Å²) in [5.41, 5.74) is 0.709. The lowest BCUT2D eigenvalue weighted by Crippen LogP contribution is -2.42. The van der Waals surface area contributed by atoms with Crippen LogP contribution in [0.1, 0.15) is 18.5 Å². The third-order valence-corrected chi connectivity index (χ3v) is 3.63. The number of aromatic hydroxyl groups is 1. The first-order chi connectivity index (χ1) is 9.56. The van der Waals surface area contributed by atoms with E-state index in [0.717, 1.165) is 0 Å². The minimum Gasteiger partial charge on any atom is -0.503 e. The summed E-state index contributed by atoms with van der Waals surface area (Å²) in [6.45, 7) is 3.94. The number of phenolic OH excluding ortho intramolecular Hbond substituents is 1. The molecule has 0 radical (unpaired) electrons. The van der Waals surface area contributed by atoms with E-state index in [4.69, 9.17) is 21.1 Å². The molecule has 0 saturated carbocycles. The number of ether oxygens (including phenoxy) is 2. The number of halogens is 1. The van der Waals surface area contributed by atoms with E-state index in [2.05, 4.69) is 6.07 Å². The zero-order chi connectivity index (χ0) is 14.7. The summed E-state index contributed by atoms with van der Waals surface area (Å²) < 4.78 is 10.6. The average molecular weight is 297 g/mol. The Balaban J connectivity index is 2.32. The first-order valence-corrected chi connectivity index (χ1v) is 6.76. The highest BCUT2D eigenvalue weighted by Crippen LogP contribution is 2.37. The van der Waals surface area contributed by atoms with Crippen molar-refractivity contribution in [2.24, 2.45) is 0 Å². The third kappa shape index (κ3) is 2.98. The van der Waals surface area contributed by atoms with Gasteiger partial charge in [-0.25, -0.2) is 0 Å². The predicted molar refractivity (Wildman–Crippen MR) is 75.0 cm³/mol. The number of hydrogen-bond donors (Lipinski definition) is 1. The fourth-order valence-electron chi connectivity index (χ4n) is 2.35. The van der Waals surface area contributed by atoms with Gasteiger partial charge in [0.2, 0.25) is 0 Å². The number of phenols is 1. The van der Waals surface area contributed by atoms with Gasteiger partial charge in [0.1, 0.15) is 6.04 Å². The molecule has 1 heterocycles. The standard InChI is InChI=1S/C14H17ClN2O3/c1-9-8-17(3-4-20-9)12(7-16)10-5-11(15)14(18)13(6-10)19-2/h5-6,9,12,18H,3-4,8H2,1-2H3/t9-,12-/m1/s1. The summed E-state index contributed by atoms with van der Waals surface area (Å²) in [5, 5.41) is 19.4. The summed E-state index contributed by atoms with van der Waals surface area (Å²) in [5.74, 6) is 0.166. The second kappa shape index (κ2) is 6.31. The van der Waals surface area contributed by atoms with Crippen molar-refractivity contribution in [3.63, 3.8) is 0 Å². The number of methoxy groups -OCH3 is 1. The Morgan fingerprint density at radius 1 is 1.60 bits per heavy atom. The van der Waals surface area contributed by atoms with Crippen LogP contribution in [-0.4, -0.2) is 42.9 Å². The maximum absolute atomic E-state index is 9.76. The zero-order valence-corrected chi connectivity index (χ0v) is 12.2. The highest BCUT2D eigenvalue weighted by molar-refractivity contribution is 6.32. The van der Waals surface area contributed by atoms with E-state index in [-0.39, 0.29) is 22.6 Å². The summed E-state index contributed by atoms with van der Waals surface area (Å²) in [6, 6.07) is 5.10. The molecule has 0 bridgehead atoms. The molecule has 0 unspecified atom stereocenters. The quantitative estimate of drug-likeness (QED) is 0.927. The van der Waals surface area contributed by atoms with Gasteiger partial charge in [-0.15, -0.1) is 0 Å². The molecular formula is C14H17ClN2O3. The second-order valence-corrected chi connectivity index (χ2v) is 5.17. The van der Waals surface area contributed by atoms with Gasteiger partial charge in [0.05, 0.1) is 30.9 Å². The Bertz CT molecular complexity index is 530. The summed E-state index contributed by atoms with van der Waals surface area (Å²) >= 11 is 5.98. The molecule has 1 aromatic rings. The van der Waals surface area contributed by atoms with Crippen LogP contribution in [-0.2, 0) is 4.74 Å². The Morgan fingerprint density at radius 2 is 2.35 bits per heavy atom. The van der Waals surface area contributed by atoms with Crippen molar-refractivity contribution in [1.29, 1.82) is 5.26 Å². The molecule has 1 fully saturated rings. The normalized spacial score (nSPS) is 21.2. The van der Waals surface area contributed by atoms with Crippen LogP contribution < -0.4 is 4.74 Å². The lowest BCUT2D eigenvalue weighted by Gasteiger charge is -2.34. The number of morpholine rings is 1. The fraction of sp³-hybridized carbons (Fsp3) is 0.500. The molecule has 20 heavy (non-hydrogen) atoms. The van der Waals surface area contributed by atoms with Crippen LogP contribution in [0.5, 0.6) is 11.5 Å². The van der Waals surface area contributed by atoms with E-state index in [9.17, 15) is 10.4 Å². The van der Waals surface area contributed by atoms with Crippen molar-refractivity contribution >= 4 is 11.6 Å². The van der Waals surface area contributed by atoms with Crippen molar-refractivity contribution in [1.82, 2.24) is 4.90 Å². The molecule has 0 spiro atoms. The number of benzene rings is 1. The van der Waals surface area contributed by atoms with Crippen LogP contribution in [0.25, 0.3) is 0 Å². The molecule has 1 N–H and O–H groups in total. The van der Waals surface area contributed by atoms with Crippen LogP contribution in [0.15, 0.2) is 12.1 Å². The van der Waals surface area contributed by atoms with Gasteiger partial charge >= 0.3 is 0 Å². The van der Waals surface area contributed by atoms with Crippen LogP contribution in [0, 0.1) is 11.3 Å². The highest BCUT2D eigenvalue weighted by atomic mass is 35.5. The van der Waals surface area contributed by atoms with Crippen LogP contribution >= 0.6 is 11.6 Å². The maximum Gasteiger partial charge on any atom is 0.176 e. The van der Waals surface area contributed by atoms with E-state index in [1.807, 2.05) is 11.8 Å². The number of rotatable bonds is 3. The number of hydrogen-bond acceptors (Lipinski definition) is 5. The molecule has 108 valence electrons. The smallest absolute Gasteiger partial charge is 0.176 e. The Labute approximate surface area is 123 Å². The molecule has 6 heteroatoms. The number of nitrogens with zero attached hydrogens (tertiary/aromatic N) is 2. The highest BCUT2D eigenvalue weighted by Gasteiger charge is 2.26. The number of nitriles is 1. The lowest BCUT2D eigenvalue weighted by molar-refractivity contribution is -0.0269. The molecule has 0 aromatic heterocycles. The molecule has 1 aromatic carbocycles. The van der Waals surface area contributed by atoms with E-state index in [1.54, 1.807) is 12.1 Å². The van der Waals surface area contributed by atoms with Gasteiger partial charge in [-0.05, 0) is 24.6 Å². The molecule has 1 aliphatic heterocycles. The van der Waals surface area contributed by atoms with Crippen molar-refractivity contribution in [2.75, 3.05) is 26.8 Å². The van der Waals surface area contributed by atoms with E-state index in [1.165, 1.54) is 7.11 Å². The molecular weight excluding hydrogens is 280 g/mol. The minimum atomic E-state index is -0.437. The minimum absolute atomic E-state index is 0.0917. The molecule has 2 rings (SSSR count). The Morgan fingerprint density at radius 3 is 2.95 bits per heavy atom. The molecule has 0 aliphatic carbocycles. The average Bonchev–Trinajstić information content (AvgIpc) is 2.43. The van der Waals surface area contributed by atoms with Crippen molar-refractivity contribution in [2.45, 2.75) is 19.1 Å². The van der Waals surface area contributed by atoms with Crippen LogP contribution in [0.3, 0.4) is 0 Å². The lowest BCUT2D eigenvalue weighted by atomic mass is 10.0. The first kappa shape index (κ1) is 14.9. The molecule has 5 nitrogen and oxygen atoms in total. The summed E-state index contributed by atoms with van der Waals surface area (Å²) in [4.78, 5) is 2.04. The second-order valence-electron chi connectivity index (χ2n) is 4.76. The molecule has 1 saturated heterocycles. The Kier molecular flexibility index (Phi) is 4.71. The summed E-state index contributed by atoms with van der Waals surface area (Å²) in [6.07, 6.45) is 0.0917. The SMILES string of the molecule is COc1cc([C@@H](C#N)N2CCO[C@H](C)C2)cc(Cl)c1O. The van der Waals surface area contributed by atoms with Gasteiger partial charge in [-0.2, -0.15) is 5.26 Å². The molecule has 1 aliphatic rings. The van der Waals surface area contributed by atoms with E-state index >= 15 is 0 Å². The van der Waals surface area contributed by atoms with Crippen molar-refractivity contribution in [3.8, 4) is 17.6 Å². The topological polar surface area (TPSA) is 65.7 Å². The van der Waals surface area contributed by atoms with Crippen molar-refractivity contribution < 1.29 is 14.6 Å². The fourth-order valence-corrected chi connectivity index (χ4v) is 2.57. The summed E-state index contributed by atoms with van der Waals surface area (Å²) in [7, 11) is 1.45. The first-order valence-electron chi connectivity index (χ1n) is 6.38. The molecule has 2 atom stereocenters. The molecule has 0 amide bonds. The van der Waals surface area contributed by atoms with Crippen LogP contribution in [0.2, 0.25) is 5.02 Å². The van der Waals surface area contributed by atoms with E-state index in [0.29, 0.717) is 25.3 Å². The van der Waals surface area contributed by atoms with Gasteiger partial charge in [-0.1, -0.05) is 11.6 Å². The van der Waals surface area contributed by atoms with Gasteiger partial charge < -0.3 is 14.6 Å². The van der Waals surface area contributed by atoms with Crippen LogP contribution in [0.4, 0.5) is 0 Å². The maximum atomic E-state index is 9.76. The Hall–Kier alpha value is -1.48. The third-order valence-electron chi connectivity index (χ3n) is 3.35. The monoisotopic (exact) mass is 296 g/mol. The van der Waals surface area contributed by atoms with Gasteiger partial charge in [0.15, 0.2) is 11.5 Å². The van der Waals surface area contributed by atoms with Crippen molar-refractivity contribution in [3.05, 3.63) is 22.7 Å². The largest absolute Gasteiger partial charge is 0.503 e. The van der Waals surface area contributed by atoms with Gasteiger partial charge in [-0.3, -0.25) is 4.90 Å². The predicted octanol–water partition coefficient (Wildman–Crippen LogP) is 2.34. The zero-order valence-electron chi connectivity index (χ0n) is 11.5.